The quantitative estimate of drug-likeness (QED) is 0.146. The number of aromatic hydroxyl groups is 1. The Labute approximate surface area is 307 Å². The predicted octanol–water partition coefficient (Wildman–Crippen LogP) is 7.13. The summed E-state index contributed by atoms with van der Waals surface area (Å²) in [7, 11) is 2.89. The van der Waals surface area contributed by atoms with Crippen molar-refractivity contribution in [2.45, 2.75) is 19.8 Å². The molecule has 0 aromatic heterocycles. The summed E-state index contributed by atoms with van der Waals surface area (Å²) in [5.41, 5.74) is 3.07. The minimum absolute atomic E-state index is 0.135. The van der Waals surface area contributed by atoms with E-state index in [0.29, 0.717) is 23.4 Å². The van der Waals surface area contributed by atoms with Gasteiger partial charge < -0.3 is 19.9 Å². The molecule has 10 heteroatoms. The largest absolute Gasteiger partial charge is 0.502 e. The zero-order valence-electron chi connectivity index (χ0n) is 29.6. The molecule has 2 aliphatic carbocycles. The first-order valence-electron chi connectivity index (χ1n) is 17.7. The number of ether oxygens (including phenoxy) is 2. The number of allylic oxidation sites excluding steroid dienone is 3. The smallest absolute Gasteiger partial charge is 0.241 e. The number of hydrogen-bond acceptors (Lipinski definition) is 8. The van der Waals surface area contributed by atoms with Crippen molar-refractivity contribution in [1.29, 1.82) is 0 Å². The second-order valence-electron chi connectivity index (χ2n) is 14.2. The van der Waals surface area contributed by atoms with E-state index in [0.717, 1.165) is 16.9 Å². The molecular formula is C43H39N3O7. The summed E-state index contributed by atoms with van der Waals surface area (Å²) >= 11 is 0. The highest BCUT2D eigenvalue weighted by atomic mass is 16.5. The Kier molecular flexibility index (Phi) is 8.40. The van der Waals surface area contributed by atoms with Crippen LogP contribution in [0.3, 0.4) is 0 Å². The van der Waals surface area contributed by atoms with Crippen LogP contribution in [-0.4, -0.2) is 43.0 Å². The molecule has 0 unspecified atom stereocenters. The van der Waals surface area contributed by atoms with Gasteiger partial charge in [0, 0.05) is 17.3 Å². The molecule has 10 nitrogen and oxygen atoms in total. The number of benzene rings is 4. The van der Waals surface area contributed by atoms with Gasteiger partial charge in [0.2, 0.25) is 29.4 Å². The van der Waals surface area contributed by atoms with Gasteiger partial charge in [-0.05, 0) is 91.9 Å². The molecule has 8 rings (SSSR count). The number of nitrogens with one attached hydrogen (secondary N) is 1. The molecule has 6 atom stereocenters. The Morgan fingerprint density at radius 1 is 0.755 bits per heavy atom. The molecular weight excluding hydrogens is 670 g/mol. The van der Waals surface area contributed by atoms with E-state index in [-0.39, 0.29) is 47.3 Å². The van der Waals surface area contributed by atoms with E-state index in [2.05, 4.69) is 5.32 Å². The normalized spacial score (nSPS) is 26.3. The van der Waals surface area contributed by atoms with Gasteiger partial charge in [-0.1, -0.05) is 60.2 Å². The highest BCUT2D eigenvalue weighted by molar-refractivity contribution is 6.25. The second kappa shape index (κ2) is 13.1. The standard InChI is InChI=1S/C43H39N3O7/c1-43-33(21-14-25-22-35(52-2)38(47)36(23-25)53-3)30-19-20-31-37(32(30)24-34(43)40(49)46(42(43)51)28-12-8-5-9-13-28)41(50)45(39(31)48)29-17-15-27(16-18-29)44-26-10-6-4-7-11-26/h4-19,21-23,31-34,37,44,47H,20,24H2,1-3H3/t31-,32+,33-,34-,37-,43-/m0/s1. The number of para-hydroxylation sites is 2. The van der Waals surface area contributed by atoms with Crippen molar-refractivity contribution in [2.24, 2.45) is 35.0 Å². The first-order valence-corrected chi connectivity index (χ1v) is 17.7. The van der Waals surface area contributed by atoms with E-state index in [9.17, 15) is 24.3 Å². The number of imide groups is 2. The van der Waals surface area contributed by atoms with Crippen molar-refractivity contribution in [3.05, 3.63) is 120 Å². The first kappa shape index (κ1) is 34.0. The number of methoxy groups -OCH3 is 2. The average Bonchev–Trinajstić information content (AvgIpc) is 3.55. The molecule has 2 heterocycles. The van der Waals surface area contributed by atoms with Crippen molar-refractivity contribution >= 4 is 52.5 Å². The van der Waals surface area contributed by atoms with Gasteiger partial charge in [0.1, 0.15) is 0 Å². The molecule has 4 aliphatic rings. The second-order valence-corrected chi connectivity index (χ2v) is 14.2. The lowest BCUT2D eigenvalue weighted by molar-refractivity contribution is -0.132. The molecule has 0 spiro atoms. The molecule has 0 radical (unpaired) electrons. The number of anilines is 4. The maximum absolute atomic E-state index is 14.6. The minimum Gasteiger partial charge on any atom is -0.502 e. The Hall–Kier alpha value is -6.16. The lowest BCUT2D eigenvalue weighted by Crippen LogP contribution is -2.49. The van der Waals surface area contributed by atoms with Gasteiger partial charge >= 0.3 is 0 Å². The molecule has 4 aromatic carbocycles. The summed E-state index contributed by atoms with van der Waals surface area (Å²) in [6.45, 7) is 1.84. The summed E-state index contributed by atoms with van der Waals surface area (Å²) in [6.07, 6.45) is 6.35. The molecule has 4 amide bonds. The van der Waals surface area contributed by atoms with Crippen LogP contribution in [0.15, 0.2) is 115 Å². The summed E-state index contributed by atoms with van der Waals surface area (Å²) in [5.74, 6) is -3.92. The van der Waals surface area contributed by atoms with E-state index >= 15 is 0 Å². The van der Waals surface area contributed by atoms with Gasteiger partial charge in [-0.25, -0.2) is 4.90 Å². The SMILES string of the molecule is COc1cc(C=C[C@H]2C3=CC[C@@H]4C(=O)N(c5ccc(Nc6ccccc6)cc5)C(=O)[C@@H]4[C@@H]3C[C@H]3C(=O)N(c4ccccc4)C(=O)[C@@]23C)cc(OC)c1O. The fourth-order valence-corrected chi connectivity index (χ4v) is 8.90. The summed E-state index contributed by atoms with van der Waals surface area (Å²) in [6, 6.07) is 29.2. The van der Waals surface area contributed by atoms with Crippen LogP contribution < -0.4 is 24.6 Å². The molecule has 3 fully saturated rings. The van der Waals surface area contributed by atoms with Crippen LogP contribution >= 0.6 is 0 Å². The maximum atomic E-state index is 14.6. The molecule has 2 N–H and O–H groups in total. The van der Waals surface area contributed by atoms with Crippen molar-refractivity contribution in [1.82, 2.24) is 0 Å². The number of phenols is 1. The lowest BCUT2D eigenvalue weighted by Gasteiger charge is -2.47. The van der Waals surface area contributed by atoms with Crippen LogP contribution in [-0.2, 0) is 19.2 Å². The number of phenolic OH excluding ortho intramolecular Hbond substituents is 1. The number of nitrogens with zero attached hydrogens (tertiary/aromatic N) is 2. The van der Waals surface area contributed by atoms with Gasteiger partial charge in [0.25, 0.3) is 0 Å². The third kappa shape index (κ3) is 5.39. The average molecular weight is 710 g/mol. The Balaban J connectivity index is 1.17. The number of carbonyl (C=O) groups excluding carboxylic acids is 4. The summed E-state index contributed by atoms with van der Waals surface area (Å²) in [4.78, 5) is 60.1. The number of carbonyl (C=O) groups is 4. The molecule has 268 valence electrons. The highest BCUT2D eigenvalue weighted by Crippen LogP contribution is 2.61. The van der Waals surface area contributed by atoms with E-state index in [1.54, 1.807) is 48.5 Å². The van der Waals surface area contributed by atoms with E-state index < -0.39 is 35.0 Å². The van der Waals surface area contributed by atoms with Crippen LogP contribution in [0.1, 0.15) is 25.3 Å². The third-order valence-electron chi connectivity index (χ3n) is 11.5. The topological polar surface area (TPSA) is 125 Å². The molecule has 53 heavy (non-hydrogen) atoms. The molecule has 2 saturated heterocycles. The van der Waals surface area contributed by atoms with Gasteiger partial charge in [-0.2, -0.15) is 0 Å². The maximum Gasteiger partial charge on any atom is 0.241 e. The molecule has 0 bridgehead atoms. The van der Waals surface area contributed by atoms with Crippen LogP contribution in [0, 0.1) is 35.0 Å². The van der Waals surface area contributed by atoms with Crippen LogP contribution in [0.5, 0.6) is 17.2 Å². The number of hydrogen-bond donors (Lipinski definition) is 2. The van der Waals surface area contributed by atoms with Crippen molar-refractivity contribution < 1.29 is 33.8 Å². The van der Waals surface area contributed by atoms with E-state index in [4.69, 9.17) is 9.47 Å². The minimum atomic E-state index is -1.17. The first-order chi connectivity index (χ1) is 25.6. The Morgan fingerprint density at radius 3 is 2.00 bits per heavy atom. The fourth-order valence-electron chi connectivity index (χ4n) is 8.90. The van der Waals surface area contributed by atoms with Gasteiger partial charge in [-0.15, -0.1) is 0 Å². The third-order valence-corrected chi connectivity index (χ3v) is 11.5. The molecule has 1 saturated carbocycles. The van der Waals surface area contributed by atoms with Crippen LogP contribution in [0.4, 0.5) is 22.7 Å². The fraction of sp³-hybridized carbons (Fsp3) is 0.256. The lowest BCUT2D eigenvalue weighted by atomic mass is 9.52. The number of rotatable bonds is 8. The monoisotopic (exact) mass is 709 g/mol. The van der Waals surface area contributed by atoms with Crippen molar-refractivity contribution in [3.63, 3.8) is 0 Å². The summed E-state index contributed by atoms with van der Waals surface area (Å²) in [5, 5.41) is 13.9. The van der Waals surface area contributed by atoms with Gasteiger partial charge in [-0.3, -0.25) is 24.1 Å². The molecule has 4 aromatic rings. The Morgan fingerprint density at radius 2 is 1.36 bits per heavy atom. The van der Waals surface area contributed by atoms with Crippen LogP contribution in [0.2, 0.25) is 0 Å². The van der Waals surface area contributed by atoms with Gasteiger partial charge in [0.15, 0.2) is 11.5 Å². The van der Waals surface area contributed by atoms with Crippen molar-refractivity contribution in [2.75, 3.05) is 29.3 Å². The number of amides is 4. The zero-order chi connectivity index (χ0) is 37.0. The van der Waals surface area contributed by atoms with Crippen LogP contribution in [0.25, 0.3) is 6.08 Å². The molecule has 2 aliphatic heterocycles. The Bertz CT molecular complexity index is 2160. The van der Waals surface area contributed by atoms with E-state index in [1.807, 2.05) is 73.7 Å². The predicted molar refractivity (Wildman–Crippen MR) is 201 cm³/mol. The number of fused-ring (bicyclic) bond motifs is 4. The zero-order valence-corrected chi connectivity index (χ0v) is 29.6. The van der Waals surface area contributed by atoms with Crippen molar-refractivity contribution in [3.8, 4) is 17.2 Å². The highest BCUT2D eigenvalue weighted by Gasteiger charge is 2.67. The van der Waals surface area contributed by atoms with Gasteiger partial charge in [0.05, 0.1) is 48.8 Å². The van der Waals surface area contributed by atoms with E-state index in [1.165, 1.54) is 24.0 Å². The summed E-state index contributed by atoms with van der Waals surface area (Å²) < 4.78 is 10.8.